The summed E-state index contributed by atoms with van der Waals surface area (Å²) in [7, 11) is 0. The van der Waals surface area contributed by atoms with E-state index < -0.39 is 17.5 Å². The van der Waals surface area contributed by atoms with Gasteiger partial charge in [0.1, 0.15) is 11.6 Å². The minimum Gasteiger partial charge on any atom is -0.429 e. The Balaban J connectivity index is 1.78. The lowest BCUT2D eigenvalue weighted by Crippen LogP contribution is -2.23. The zero-order valence-electron chi connectivity index (χ0n) is 14.6. The van der Waals surface area contributed by atoms with Crippen molar-refractivity contribution in [2.45, 2.75) is 51.6 Å². The van der Waals surface area contributed by atoms with Crippen LogP contribution in [-0.4, -0.2) is 0 Å². The van der Waals surface area contributed by atoms with E-state index in [0.717, 1.165) is 42.9 Å². The summed E-state index contributed by atoms with van der Waals surface area (Å²) in [6.07, 6.45) is 0.451. The van der Waals surface area contributed by atoms with Crippen LogP contribution in [-0.2, 0) is 6.11 Å². The highest BCUT2D eigenvalue weighted by Crippen LogP contribution is 2.38. The van der Waals surface area contributed by atoms with Gasteiger partial charge in [-0.15, -0.1) is 0 Å². The lowest BCUT2D eigenvalue weighted by Gasteiger charge is -2.27. The molecule has 0 radical (unpaired) electrons. The Morgan fingerprint density at radius 2 is 1.60 bits per heavy atom. The zero-order chi connectivity index (χ0) is 18.0. The van der Waals surface area contributed by atoms with Crippen LogP contribution >= 0.6 is 0 Å². The standard InChI is InChI=1S/C21H23F3O/c1-14-3-7-16(8-4-14)17-9-12-19(20(22)13-17)21(23,24)25-18-10-5-15(2)6-11-18/h5-6,9-14,16H,3-4,7-8H2,1-2H3. The fraction of sp³-hybridized carbons (Fsp3) is 0.429. The van der Waals surface area contributed by atoms with E-state index in [-0.39, 0.29) is 11.7 Å². The van der Waals surface area contributed by atoms with Crippen LogP contribution in [0.15, 0.2) is 42.5 Å². The largest absolute Gasteiger partial charge is 0.429 e. The highest BCUT2D eigenvalue weighted by atomic mass is 19.3. The van der Waals surface area contributed by atoms with Crippen molar-refractivity contribution in [2.75, 3.05) is 0 Å². The molecule has 0 aliphatic heterocycles. The quantitative estimate of drug-likeness (QED) is 0.608. The first kappa shape index (κ1) is 17.8. The second-order valence-corrected chi connectivity index (χ2v) is 7.13. The molecule has 0 bridgehead atoms. The van der Waals surface area contributed by atoms with Crippen LogP contribution in [0.1, 0.15) is 55.2 Å². The maximum atomic E-state index is 14.4. The average molecular weight is 348 g/mol. The summed E-state index contributed by atoms with van der Waals surface area (Å²) < 4.78 is 47.9. The van der Waals surface area contributed by atoms with Gasteiger partial charge in [0, 0.05) is 0 Å². The second kappa shape index (κ2) is 7.11. The maximum Gasteiger partial charge on any atom is 0.429 e. The number of benzene rings is 2. The molecule has 0 atom stereocenters. The zero-order valence-corrected chi connectivity index (χ0v) is 14.6. The Bertz CT molecular complexity index is 716. The SMILES string of the molecule is Cc1ccc(OC(F)(F)c2ccc(C3CCC(C)CC3)cc2F)cc1. The van der Waals surface area contributed by atoms with Crippen LogP contribution < -0.4 is 4.74 Å². The van der Waals surface area contributed by atoms with Gasteiger partial charge in [-0.1, -0.05) is 43.5 Å². The monoisotopic (exact) mass is 348 g/mol. The molecule has 0 unspecified atom stereocenters. The number of hydrogen-bond acceptors (Lipinski definition) is 1. The number of rotatable bonds is 4. The highest BCUT2D eigenvalue weighted by molar-refractivity contribution is 5.31. The average Bonchev–Trinajstić information content (AvgIpc) is 2.57. The van der Waals surface area contributed by atoms with Crippen LogP contribution in [0.25, 0.3) is 0 Å². The van der Waals surface area contributed by atoms with E-state index in [4.69, 9.17) is 4.74 Å². The van der Waals surface area contributed by atoms with E-state index >= 15 is 0 Å². The van der Waals surface area contributed by atoms with Gasteiger partial charge >= 0.3 is 6.11 Å². The van der Waals surface area contributed by atoms with Crippen LogP contribution in [0, 0.1) is 18.7 Å². The van der Waals surface area contributed by atoms with Gasteiger partial charge in [0.05, 0.1) is 5.56 Å². The third-order valence-corrected chi connectivity index (χ3v) is 5.06. The van der Waals surface area contributed by atoms with Crippen molar-refractivity contribution in [1.82, 2.24) is 0 Å². The fourth-order valence-electron chi connectivity index (χ4n) is 3.42. The summed E-state index contributed by atoms with van der Waals surface area (Å²) >= 11 is 0. The van der Waals surface area contributed by atoms with Crippen molar-refractivity contribution in [1.29, 1.82) is 0 Å². The predicted octanol–water partition coefficient (Wildman–Crippen LogP) is 6.56. The first-order valence-electron chi connectivity index (χ1n) is 8.78. The summed E-state index contributed by atoms with van der Waals surface area (Å²) in [6.45, 7) is 4.06. The van der Waals surface area contributed by atoms with Crippen molar-refractivity contribution < 1.29 is 17.9 Å². The minimum absolute atomic E-state index is 0.0142. The predicted molar refractivity (Wildman–Crippen MR) is 92.5 cm³/mol. The Labute approximate surface area is 146 Å². The lowest BCUT2D eigenvalue weighted by atomic mass is 9.79. The van der Waals surface area contributed by atoms with Gasteiger partial charge in [-0.2, -0.15) is 8.78 Å². The van der Waals surface area contributed by atoms with E-state index in [1.165, 1.54) is 18.2 Å². The molecule has 0 N–H and O–H groups in total. The smallest absolute Gasteiger partial charge is 0.429 e. The lowest BCUT2D eigenvalue weighted by molar-refractivity contribution is -0.187. The van der Waals surface area contributed by atoms with Crippen molar-refractivity contribution in [2.24, 2.45) is 5.92 Å². The summed E-state index contributed by atoms with van der Waals surface area (Å²) in [4.78, 5) is 0. The fourth-order valence-corrected chi connectivity index (χ4v) is 3.42. The summed E-state index contributed by atoms with van der Waals surface area (Å²) in [6, 6.07) is 10.3. The summed E-state index contributed by atoms with van der Waals surface area (Å²) in [5.41, 5.74) is 1.02. The van der Waals surface area contributed by atoms with E-state index in [9.17, 15) is 13.2 Å². The van der Waals surface area contributed by atoms with Gasteiger partial charge in [0.25, 0.3) is 0 Å². The van der Waals surface area contributed by atoms with E-state index in [2.05, 4.69) is 6.92 Å². The summed E-state index contributed by atoms with van der Waals surface area (Å²) in [5, 5.41) is 0. The van der Waals surface area contributed by atoms with Crippen LogP contribution in [0.4, 0.5) is 13.2 Å². The number of aryl methyl sites for hydroxylation is 1. The third kappa shape index (κ3) is 4.17. The first-order valence-corrected chi connectivity index (χ1v) is 8.78. The molecule has 134 valence electrons. The molecule has 4 heteroatoms. The van der Waals surface area contributed by atoms with Gasteiger partial charge in [0.2, 0.25) is 0 Å². The number of alkyl halides is 2. The molecular formula is C21H23F3O. The Morgan fingerprint density at radius 3 is 2.20 bits per heavy atom. The second-order valence-electron chi connectivity index (χ2n) is 7.13. The third-order valence-electron chi connectivity index (χ3n) is 5.06. The molecule has 25 heavy (non-hydrogen) atoms. The Hall–Kier alpha value is -1.97. The van der Waals surface area contributed by atoms with E-state index in [0.29, 0.717) is 5.92 Å². The molecule has 1 saturated carbocycles. The van der Waals surface area contributed by atoms with Crippen LogP contribution in [0.2, 0.25) is 0 Å². The maximum absolute atomic E-state index is 14.4. The van der Waals surface area contributed by atoms with Gasteiger partial charge in [-0.05, 0) is 61.4 Å². The molecule has 1 aliphatic rings. The van der Waals surface area contributed by atoms with Gasteiger partial charge in [-0.3, -0.25) is 0 Å². The molecule has 0 spiro atoms. The van der Waals surface area contributed by atoms with Crippen molar-refractivity contribution in [3.05, 3.63) is 65.0 Å². The summed E-state index contributed by atoms with van der Waals surface area (Å²) in [5.74, 6) is 0.0487. The molecular weight excluding hydrogens is 325 g/mol. The Morgan fingerprint density at radius 1 is 0.960 bits per heavy atom. The topological polar surface area (TPSA) is 9.23 Å². The molecule has 0 heterocycles. The molecule has 0 aromatic heterocycles. The van der Waals surface area contributed by atoms with Crippen molar-refractivity contribution in [3.8, 4) is 5.75 Å². The molecule has 0 saturated heterocycles. The van der Waals surface area contributed by atoms with Crippen molar-refractivity contribution >= 4 is 0 Å². The van der Waals surface area contributed by atoms with Crippen LogP contribution in [0.3, 0.4) is 0 Å². The van der Waals surface area contributed by atoms with Gasteiger partial charge in [0.15, 0.2) is 0 Å². The molecule has 0 amide bonds. The highest BCUT2D eigenvalue weighted by Gasteiger charge is 2.38. The first-order chi connectivity index (χ1) is 11.8. The number of hydrogen-bond donors (Lipinski definition) is 0. The molecule has 1 fully saturated rings. The molecule has 3 rings (SSSR count). The number of ether oxygens (including phenoxy) is 1. The normalized spacial score (nSPS) is 21.2. The van der Waals surface area contributed by atoms with E-state index in [1.807, 2.05) is 6.92 Å². The molecule has 1 aliphatic carbocycles. The minimum atomic E-state index is -3.71. The van der Waals surface area contributed by atoms with Crippen LogP contribution in [0.5, 0.6) is 5.75 Å². The molecule has 1 nitrogen and oxygen atoms in total. The van der Waals surface area contributed by atoms with E-state index in [1.54, 1.807) is 18.2 Å². The number of halogens is 3. The van der Waals surface area contributed by atoms with Crippen molar-refractivity contribution in [3.63, 3.8) is 0 Å². The Kier molecular flexibility index (Phi) is 5.07. The molecule has 2 aromatic rings. The van der Waals surface area contributed by atoms with Gasteiger partial charge < -0.3 is 4.74 Å². The van der Waals surface area contributed by atoms with Gasteiger partial charge in [-0.25, -0.2) is 4.39 Å². The molecule has 2 aromatic carbocycles.